The number of hydrogen-bond donors (Lipinski definition) is 1. The van der Waals surface area contributed by atoms with E-state index in [2.05, 4.69) is 0 Å². The number of nitro groups is 1. The van der Waals surface area contributed by atoms with Gasteiger partial charge in [0.2, 0.25) is 0 Å². The molecule has 0 aromatic heterocycles. The summed E-state index contributed by atoms with van der Waals surface area (Å²) in [6, 6.07) is 5.75. The molecule has 134 valence electrons. The number of rotatable bonds is 5. The first-order chi connectivity index (χ1) is 12.0. The molecule has 1 saturated carbocycles. The van der Waals surface area contributed by atoms with E-state index >= 15 is 0 Å². The molecule has 1 aromatic carbocycles. The quantitative estimate of drug-likeness (QED) is 0.477. The fraction of sp³-hybridized carbons (Fsp3) is 0.444. The van der Waals surface area contributed by atoms with Gasteiger partial charge in [-0.2, -0.15) is 0 Å². The van der Waals surface area contributed by atoms with Crippen molar-refractivity contribution >= 4 is 11.8 Å². The molecule has 1 atom stereocenters. The van der Waals surface area contributed by atoms with Crippen molar-refractivity contribution in [1.82, 2.24) is 0 Å². The van der Waals surface area contributed by atoms with Gasteiger partial charge in [0.05, 0.1) is 11.3 Å². The Balaban J connectivity index is 1.93. The Bertz CT molecular complexity index is 716. The van der Waals surface area contributed by atoms with Crippen molar-refractivity contribution in [2.45, 2.75) is 49.5 Å². The second-order valence-electron chi connectivity index (χ2n) is 6.37. The van der Waals surface area contributed by atoms with Crippen LogP contribution in [0.1, 0.15) is 38.5 Å². The van der Waals surface area contributed by atoms with Gasteiger partial charge in [-0.15, -0.1) is 11.8 Å². The van der Waals surface area contributed by atoms with E-state index in [-0.39, 0.29) is 12.2 Å². The maximum Gasteiger partial charge on any atom is 0.399 e. The van der Waals surface area contributed by atoms with E-state index < -0.39 is 16.5 Å². The molecule has 0 amide bonds. The van der Waals surface area contributed by atoms with E-state index in [1.165, 1.54) is 36.4 Å². The van der Waals surface area contributed by atoms with Crippen molar-refractivity contribution in [3.63, 3.8) is 0 Å². The van der Waals surface area contributed by atoms with Crippen LogP contribution < -0.4 is 10.5 Å². The molecule has 7 heteroatoms. The van der Waals surface area contributed by atoms with Gasteiger partial charge in [0.1, 0.15) is 4.91 Å². The Kier molecular flexibility index (Phi) is 5.32. The summed E-state index contributed by atoms with van der Waals surface area (Å²) < 4.78 is 19.7. The van der Waals surface area contributed by atoms with Gasteiger partial charge in [-0.25, -0.2) is 4.39 Å². The van der Waals surface area contributed by atoms with Crippen molar-refractivity contribution < 1.29 is 14.1 Å². The van der Waals surface area contributed by atoms with Crippen LogP contribution in [0, 0.1) is 15.9 Å². The Labute approximate surface area is 150 Å². The fourth-order valence-electron chi connectivity index (χ4n) is 3.17. The van der Waals surface area contributed by atoms with Gasteiger partial charge < -0.3 is 10.5 Å². The van der Waals surface area contributed by atoms with Crippen molar-refractivity contribution in [2.24, 2.45) is 5.73 Å². The average molecular weight is 364 g/mol. The largest absolute Gasteiger partial charge is 0.420 e. The summed E-state index contributed by atoms with van der Waals surface area (Å²) in [6.07, 6.45) is 8.61. The highest BCUT2D eigenvalue weighted by molar-refractivity contribution is 8.03. The molecule has 0 saturated heterocycles. The molecule has 0 heterocycles. The van der Waals surface area contributed by atoms with E-state index in [0.717, 1.165) is 25.7 Å². The molecule has 5 nitrogen and oxygen atoms in total. The number of halogens is 1. The predicted molar refractivity (Wildman–Crippen MR) is 96.2 cm³/mol. The standard InChI is InChI=1S/C18H21FN2O3S/c19-15-8-4-5-9-16(15)24-18(21(22)23)11-10-13(20)12-17(18)25-14-6-2-1-3-7-14/h4-5,8-10,12,14H,1-3,6-7,11,20H2. The van der Waals surface area contributed by atoms with Gasteiger partial charge in [-0.3, -0.25) is 10.1 Å². The van der Waals surface area contributed by atoms with Crippen LogP contribution in [0.15, 0.2) is 47.0 Å². The van der Waals surface area contributed by atoms with Gasteiger partial charge in [0.15, 0.2) is 11.6 Å². The number of benzene rings is 1. The third-order valence-electron chi connectivity index (χ3n) is 4.55. The number of nitrogens with two attached hydrogens (primary N) is 1. The maximum atomic E-state index is 14.0. The summed E-state index contributed by atoms with van der Waals surface area (Å²) >= 11 is 1.46. The summed E-state index contributed by atoms with van der Waals surface area (Å²) in [7, 11) is 0. The summed E-state index contributed by atoms with van der Waals surface area (Å²) in [4.78, 5) is 12.0. The van der Waals surface area contributed by atoms with Crippen LogP contribution in [-0.2, 0) is 0 Å². The van der Waals surface area contributed by atoms with E-state index in [4.69, 9.17) is 10.5 Å². The minimum absolute atomic E-state index is 0.0221. The van der Waals surface area contributed by atoms with E-state index in [9.17, 15) is 14.5 Å². The van der Waals surface area contributed by atoms with Gasteiger partial charge in [0, 0.05) is 10.9 Å². The Hall–Kier alpha value is -2.02. The van der Waals surface area contributed by atoms with Crippen LogP contribution in [0.4, 0.5) is 4.39 Å². The molecule has 25 heavy (non-hydrogen) atoms. The Morgan fingerprint density at radius 2 is 2.00 bits per heavy atom. The number of allylic oxidation sites excluding steroid dienone is 1. The third kappa shape index (κ3) is 3.81. The maximum absolute atomic E-state index is 14.0. The number of hydrogen-bond acceptors (Lipinski definition) is 5. The molecule has 1 fully saturated rings. The molecule has 0 bridgehead atoms. The Morgan fingerprint density at radius 1 is 1.28 bits per heavy atom. The van der Waals surface area contributed by atoms with Crippen LogP contribution >= 0.6 is 11.8 Å². The molecule has 2 aliphatic carbocycles. The molecule has 0 radical (unpaired) electrons. The average Bonchev–Trinajstić information content (AvgIpc) is 2.60. The number of nitrogens with zero attached hydrogens (tertiary/aromatic N) is 1. The van der Waals surface area contributed by atoms with Gasteiger partial charge >= 0.3 is 5.72 Å². The molecule has 0 spiro atoms. The third-order valence-corrected chi connectivity index (χ3v) is 6.05. The topological polar surface area (TPSA) is 78.4 Å². The van der Waals surface area contributed by atoms with Crippen LogP contribution in [0.5, 0.6) is 5.75 Å². The lowest BCUT2D eigenvalue weighted by Crippen LogP contribution is -2.47. The van der Waals surface area contributed by atoms with E-state index in [0.29, 0.717) is 15.9 Å². The van der Waals surface area contributed by atoms with Crippen molar-refractivity contribution in [1.29, 1.82) is 0 Å². The van der Waals surface area contributed by atoms with Crippen molar-refractivity contribution in [2.75, 3.05) is 0 Å². The van der Waals surface area contributed by atoms with Gasteiger partial charge in [-0.05, 0) is 37.1 Å². The predicted octanol–water partition coefficient (Wildman–Crippen LogP) is 4.37. The van der Waals surface area contributed by atoms with Crippen LogP contribution in [0.3, 0.4) is 0 Å². The first-order valence-electron chi connectivity index (χ1n) is 8.44. The highest BCUT2D eigenvalue weighted by Gasteiger charge is 2.52. The minimum Gasteiger partial charge on any atom is -0.420 e. The van der Waals surface area contributed by atoms with Gasteiger partial charge in [0.25, 0.3) is 0 Å². The van der Waals surface area contributed by atoms with Crippen molar-refractivity contribution in [3.05, 3.63) is 63.0 Å². The SMILES string of the molecule is NC1=CCC(Oc2ccccc2F)([N+](=O)[O-])C(SC2CCCCC2)=C1. The lowest BCUT2D eigenvalue weighted by Gasteiger charge is -2.32. The second kappa shape index (κ2) is 7.47. The monoisotopic (exact) mass is 364 g/mol. The molecule has 2 N–H and O–H groups in total. The highest BCUT2D eigenvalue weighted by Crippen LogP contribution is 2.44. The van der Waals surface area contributed by atoms with Crippen LogP contribution in [0.25, 0.3) is 0 Å². The zero-order valence-corrected chi connectivity index (χ0v) is 14.6. The zero-order chi connectivity index (χ0) is 17.9. The molecule has 0 aliphatic heterocycles. The second-order valence-corrected chi connectivity index (χ2v) is 7.71. The summed E-state index contributed by atoms with van der Waals surface area (Å²) in [5.74, 6) is -0.739. The molecule has 1 aromatic rings. The summed E-state index contributed by atoms with van der Waals surface area (Å²) in [5.41, 5.74) is 4.55. The highest BCUT2D eigenvalue weighted by atomic mass is 32.2. The number of ether oxygens (including phenoxy) is 1. The fourth-order valence-corrected chi connectivity index (χ4v) is 4.69. The zero-order valence-electron chi connectivity index (χ0n) is 13.8. The number of para-hydroxylation sites is 1. The summed E-state index contributed by atoms with van der Waals surface area (Å²) in [6.45, 7) is 0. The lowest BCUT2D eigenvalue weighted by atomic mass is 10.0. The molecule has 3 rings (SSSR count). The van der Waals surface area contributed by atoms with E-state index in [1.54, 1.807) is 18.2 Å². The summed E-state index contributed by atoms with van der Waals surface area (Å²) in [5, 5.41) is 12.3. The minimum atomic E-state index is -1.83. The first-order valence-corrected chi connectivity index (χ1v) is 9.32. The normalized spacial score (nSPS) is 24.4. The van der Waals surface area contributed by atoms with E-state index in [1.807, 2.05) is 0 Å². The smallest absolute Gasteiger partial charge is 0.399 e. The molecular weight excluding hydrogens is 343 g/mol. The molecule has 2 aliphatic rings. The Morgan fingerprint density at radius 3 is 2.68 bits per heavy atom. The number of thioether (sulfide) groups is 1. The van der Waals surface area contributed by atoms with Crippen molar-refractivity contribution in [3.8, 4) is 5.75 Å². The van der Waals surface area contributed by atoms with Crippen LogP contribution in [-0.4, -0.2) is 15.9 Å². The lowest BCUT2D eigenvalue weighted by molar-refractivity contribution is -0.600. The molecular formula is C18H21FN2O3S. The molecule has 1 unspecified atom stereocenters. The van der Waals surface area contributed by atoms with Crippen LogP contribution in [0.2, 0.25) is 0 Å². The van der Waals surface area contributed by atoms with Gasteiger partial charge in [-0.1, -0.05) is 31.4 Å². The first kappa shape index (κ1) is 17.8.